The minimum atomic E-state index is 0.694. The highest BCUT2D eigenvalue weighted by molar-refractivity contribution is 5.91. The van der Waals surface area contributed by atoms with Crippen molar-refractivity contribution in [1.29, 1.82) is 0 Å². The van der Waals surface area contributed by atoms with E-state index in [1.54, 1.807) is 21.3 Å². The summed E-state index contributed by atoms with van der Waals surface area (Å²) < 4.78 is 25.4. The van der Waals surface area contributed by atoms with Crippen molar-refractivity contribution in [1.82, 2.24) is 9.80 Å². The molecule has 3 heterocycles. The fourth-order valence-corrected chi connectivity index (χ4v) is 5.20. The maximum Gasteiger partial charge on any atom is 0.213 e. The smallest absolute Gasteiger partial charge is 0.213 e. The Hall–Kier alpha value is -3.03. The van der Waals surface area contributed by atoms with Crippen molar-refractivity contribution < 1.29 is 23.5 Å². The van der Waals surface area contributed by atoms with Gasteiger partial charge >= 0.3 is 0 Å². The molecule has 1 fully saturated rings. The molecule has 0 atom stereocenters. The zero-order chi connectivity index (χ0) is 24.4. The van der Waals surface area contributed by atoms with Gasteiger partial charge in [-0.15, -0.1) is 0 Å². The Bertz CT molecular complexity index is 1200. The predicted molar refractivity (Wildman–Crippen MR) is 137 cm³/mol. The number of ether oxygens (including phenoxy) is 4. The number of pyridine rings is 1. The number of rotatable bonds is 8. The van der Waals surface area contributed by atoms with E-state index in [0.717, 1.165) is 85.9 Å². The van der Waals surface area contributed by atoms with Crippen LogP contribution in [0.1, 0.15) is 12.0 Å². The predicted octanol–water partition coefficient (Wildman–Crippen LogP) is 3.39. The number of benzene rings is 2. The van der Waals surface area contributed by atoms with Crippen LogP contribution in [0.15, 0.2) is 36.5 Å². The van der Waals surface area contributed by atoms with Crippen molar-refractivity contribution in [2.75, 3.05) is 67.7 Å². The Morgan fingerprint density at radius 3 is 2.43 bits per heavy atom. The maximum absolute atomic E-state index is 6.22. The molecule has 2 aromatic carbocycles. The molecule has 1 saturated heterocycles. The third-order valence-corrected chi connectivity index (χ3v) is 7.26. The molecule has 0 saturated carbocycles. The SMILES string of the molecule is COc1cc2c(cc1OCCCN1CCN(C)CC1)CC[n+]1cc3c(OC)c(OC)ccc3cc1-2. The zero-order valence-electron chi connectivity index (χ0n) is 21.3. The molecule has 0 amide bonds. The van der Waals surface area contributed by atoms with Gasteiger partial charge in [0, 0.05) is 45.2 Å². The lowest BCUT2D eigenvalue weighted by Gasteiger charge is -2.32. The highest BCUT2D eigenvalue weighted by Gasteiger charge is 2.27. The van der Waals surface area contributed by atoms with Crippen molar-refractivity contribution in [2.24, 2.45) is 0 Å². The largest absolute Gasteiger partial charge is 0.493 e. The van der Waals surface area contributed by atoms with Crippen LogP contribution in [0, 0.1) is 0 Å². The molecular weight excluding hydrogens is 442 g/mol. The van der Waals surface area contributed by atoms with Crippen LogP contribution in [0.4, 0.5) is 0 Å². The van der Waals surface area contributed by atoms with E-state index >= 15 is 0 Å². The van der Waals surface area contributed by atoms with E-state index < -0.39 is 0 Å². The number of likely N-dealkylation sites (N-methyl/N-ethyl adjacent to an activating group) is 1. The molecule has 0 N–H and O–H groups in total. The number of nitrogens with zero attached hydrogens (tertiary/aromatic N) is 3. The van der Waals surface area contributed by atoms with Crippen LogP contribution in [0.3, 0.4) is 0 Å². The number of hydrogen-bond acceptors (Lipinski definition) is 6. The van der Waals surface area contributed by atoms with Crippen LogP contribution in [-0.4, -0.2) is 77.5 Å². The quantitative estimate of drug-likeness (QED) is 0.365. The van der Waals surface area contributed by atoms with Gasteiger partial charge in [-0.05, 0) is 48.7 Å². The highest BCUT2D eigenvalue weighted by Crippen LogP contribution is 2.40. The minimum absolute atomic E-state index is 0.694. The molecule has 1 aromatic heterocycles. The van der Waals surface area contributed by atoms with E-state index in [2.05, 4.69) is 51.9 Å². The second-order valence-electron chi connectivity index (χ2n) is 9.41. The summed E-state index contributed by atoms with van der Waals surface area (Å²) in [5, 5.41) is 2.16. The van der Waals surface area contributed by atoms with E-state index in [0.29, 0.717) is 6.61 Å². The second kappa shape index (κ2) is 10.3. The van der Waals surface area contributed by atoms with E-state index in [-0.39, 0.29) is 0 Å². The summed E-state index contributed by atoms with van der Waals surface area (Å²) in [6.07, 6.45) is 4.12. The first-order chi connectivity index (χ1) is 17.1. The van der Waals surface area contributed by atoms with Crippen LogP contribution >= 0.6 is 0 Å². The molecular formula is C28H36N3O4+. The summed E-state index contributed by atoms with van der Waals surface area (Å²) in [5.74, 6) is 3.13. The van der Waals surface area contributed by atoms with Gasteiger partial charge < -0.3 is 28.7 Å². The van der Waals surface area contributed by atoms with Crippen LogP contribution in [0.2, 0.25) is 0 Å². The van der Waals surface area contributed by atoms with Gasteiger partial charge in [0.1, 0.15) is 0 Å². The average Bonchev–Trinajstić information content (AvgIpc) is 2.89. The molecule has 0 bridgehead atoms. The number of hydrogen-bond donors (Lipinski definition) is 0. The average molecular weight is 479 g/mol. The summed E-state index contributed by atoms with van der Waals surface area (Å²) in [6.45, 7) is 7.24. The molecule has 0 spiro atoms. The van der Waals surface area contributed by atoms with Gasteiger partial charge in [-0.3, -0.25) is 0 Å². The Morgan fingerprint density at radius 2 is 1.69 bits per heavy atom. The summed E-state index contributed by atoms with van der Waals surface area (Å²) in [6, 6.07) is 10.6. The first-order valence-corrected chi connectivity index (χ1v) is 12.4. The van der Waals surface area contributed by atoms with Crippen LogP contribution in [0.5, 0.6) is 23.0 Å². The molecule has 35 heavy (non-hydrogen) atoms. The van der Waals surface area contributed by atoms with E-state index in [1.165, 1.54) is 16.8 Å². The number of fused-ring (bicyclic) bond motifs is 4. The standard InChI is InChI=1S/C28H36N3O4/c1-29-11-13-30(14-12-29)9-5-15-35-27-17-21-8-10-31-19-23-20(6-7-25(32-2)28(23)34-4)16-24(31)22(21)18-26(27)33-3/h6-7,16-19H,5,8-15H2,1-4H3/q+1. The number of aromatic nitrogens is 1. The van der Waals surface area contributed by atoms with Crippen molar-refractivity contribution >= 4 is 10.8 Å². The first kappa shape index (κ1) is 23.7. The van der Waals surface area contributed by atoms with Gasteiger partial charge in [0.05, 0.1) is 38.9 Å². The first-order valence-electron chi connectivity index (χ1n) is 12.4. The molecule has 186 valence electrons. The summed E-state index contributed by atoms with van der Waals surface area (Å²) in [7, 11) is 7.27. The molecule has 0 aliphatic carbocycles. The molecule has 3 aromatic rings. The van der Waals surface area contributed by atoms with Crippen molar-refractivity contribution in [3.63, 3.8) is 0 Å². The molecule has 7 heteroatoms. The fraction of sp³-hybridized carbons (Fsp3) is 0.464. The Balaban J connectivity index is 1.36. The van der Waals surface area contributed by atoms with Crippen LogP contribution in [-0.2, 0) is 13.0 Å². The lowest BCUT2D eigenvalue weighted by Crippen LogP contribution is -2.44. The number of piperazine rings is 1. The molecule has 7 nitrogen and oxygen atoms in total. The van der Waals surface area contributed by atoms with Gasteiger partial charge in [-0.2, -0.15) is 4.57 Å². The maximum atomic E-state index is 6.22. The third-order valence-electron chi connectivity index (χ3n) is 7.26. The third kappa shape index (κ3) is 4.75. The summed E-state index contributed by atoms with van der Waals surface area (Å²) in [5.41, 5.74) is 3.65. The molecule has 0 unspecified atom stereocenters. The lowest BCUT2D eigenvalue weighted by atomic mass is 9.95. The Kier molecular flexibility index (Phi) is 6.97. The normalized spacial score (nSPS) is 16.0. The van der Waals surface area contributed by atoms with E-state index in [4.69, 9.17) is 18.9 Å². The molecule has 0 radical (unpaired) electrons. The minimum Gasteiger partial charge on any atom is -0.493 e. The van der Waals surface area contributed by atoms with Crippen LogP contribution in [0.25, 0.3) is 22.0 Å². The van der Waals surface area contributed by atoms with Gasteiger partial charge in [0.2, 0.25) is 5.69 Å². The van der Waals surface area contributed by atoms with Crippen molar-refractivity contribution in [2.45, 2.75) is 19.4 Å². The Labute approximate surface area is 207 Å². The van der Waals surface area contributed by atoms with Crippen molar-refractivity contribution in [3.8, 4) is 34.3 Å². The van der Waals surface area contributed by atoms with Gasteiger partial charge in [-0.1, -0.05) is 0 Å². The number of methoxy groups -OCH3 is 3. The van der Waals surface area contributed by atoms with Gasteiger partial charge in [-0.25, -0.2) is 0 Å². The van der Waals surface area contributed by atoms with E-state index in [1.807, 2.05) is 6.07 Å². The lowest BCUT2D eigenvalue weighted by molar-refractivity contribution is -0.686. The van der Waals surface area contributed by atoms with E-state index in [9.17, 15) is 0 Å². The molecule has 5 rings (SSSR count). The van der Waals surface area contributed by atoms with Crippen molar-refractivity contribution in [3.05, 3.63) is 42.1 Å². The van der Waals surface area contributed by atoms with Gasteiger partial charge in [0.25, 0.3) is 0 Å². The van der Waals surface area contributed by atoms with Gasteiger partial charge in [0.15, 0.2) is 35.7 Å². The van der Waals surface area contributed by atoms with Crippen LogP contribution < -0.4 is 23.5 Å². The molecule has 2 aliphatic heterocycles. The molecule has 2 aliphatic rings. The zero-order valence-corrected chi connectivity index (χ0v) is 21.3. The highest BCUT2D eigenvalue weighted by atomic mass is 16.5. The summed E-state index contributed by atoms with van der Waals surface area (Å²) in [4.78, 5) is 4.91. The topological polar surface area (TPSA) is 47.3 Å². The monoisotopic (exact) mass is 478 g/mol. The number of aryl methyl sites for hydroxylation is 2. The summed E-state index contributed by atoms with van der Waals surface area (Å²) >= 11 is 0. The second-order valence-corrected chi connectivity index (χ2v) is 9.41. The fourth-order valence-electron chi connectivity index (χ4n) is 5.20. The Morgan fingerprint density at radius 1 is 0.886 bits per heavy atom.